The van der Waals surface area contributed by atoms with Crippen LogP contribution in [0.2, 0.25) is 5.02 Å². The van der Waals surface area contributed by atoms with Gasteiger partial charge in [0, 0.05) is 12.3 Å². The number of ether oxygens (including phenoxy) is 2. The first-order chi connectivity index (χ1) is 11.7. The topological polar surface area (TPSA) is 70.3 Å². The minimum Gasteiger partial charge on any atom is -0.493 e. The predicted molar refractivity (Wildman–Crippen MR) is 91.0 cm³/mol. The Hall–Kier alpha value is -2.86. The van der Waals surface area contributed by atoms with Crippen LogP contribution in [-0.2, 0) is 0 Å². The number of hydrogen-bond donors (Lipinski definition) is 0. The van der Waals surface area contributed by atoms with Gasteiger partial charge in [-0.05, 0) is 35.9 Å². The fraction of sp³-hybridized carbons (Fsp3) is 0.118. The van der Waals surface area contributed by atoms with Crippen molar-refractivity contribution in [3.8, 4) is 23.0 Å². The van der Waals surface area contributed by atoms with Gasteiger partial charge in [-0.1, -0.05) is 22.8 Å². The molecule has 3 rings (SSSR count). The summed E-state index contributed by atoms with van der Waals surface area (Å²) in [5.41, 5.74) is 1.39. The second-order valence-electron chi connectivity index (χ2n) is 4.71. The molecule has 1 aromatic carbocycles. The number of nitrogens with zero attached hydrogens (tertiary/aromatic N) is 3. The molecular formula is C17H14ClN3O3. The van der Waals surface area contributed by atoms with Crippen LogP contribution in [0.1, 0.15) is 11.5 Å². The van der Waals surface area contributed by atoms with E-state index in [2.05, 4.69) is 15.1 Å². The van der Waals surface area contributed by atoms with E-state index < -0.39 is 0 Å². The number of methoxy groups -OCH3 is 2. The Kier molecular flexibility index (Phi) is 4.77. The summed E-state index contributed by atoms with van der Waals surface area (Å²) in [7, 11) is 3.09. The van der Waals surface area contributed by atoms with Crippen LogP contribution in [0.4, 0.5) is 0 Å². The third-order valence-corrected chi connectivity index (χ3v) is 3.65. The lowest BCUT2D eigenvalue weighted by Gasteiger charge is -2.10. The molecule has 0 spiro atoms. The van der Waals surface area contributed by atoms with E-state index in [4.69, 9.17) is 25.6 Å². The molecule has 0 radical (unpaired) electrons. The van der Waals surface area contributed by atoms with Gasteiger partial charge in [0.05, 0.1) is 19.2 Å². The summed E-state index contributed by atoms with van der Waals surface area (Å²) in [4.78, 5) is 8.45. The van der Waals surface area contributed by atoms with E-state index >= 15 is 0 Å². The average Bonchev–Trinajstić information content (AvgIpc) is 3.10. The van der Waals surface area contributed by atoms with Crippen molar-refractivity contribution < 1.29 is 14.0 Å². The molecule has 0 aliphatic heterocycles. The van der Waals surface area contributed by atoms with Gasteiger partial charge in [-0.2, -0.15) is 4.98 Å². The van der Waals surface area contributed by atoms with Gasteiger partial charge in [-0.15, -0.1) is 0 Å². The van der Waals surface area contributed by atoms with E-state index in [1.54, 1.807) is 31.5 Å². The molecule has 7 heteroatoms. The number of halogens is 1. The van der Waals surface area contributed by atoms with E-state index in [0.29, 0.717) is 33.9 Å². The predicted octanol–water partition coefficient (Wildman–Crippen LogP) is 3.97. The average molecular weight is 344 g/mol. The van der Waals surface area contributed by atoms with Crippen molar-refractivity contribution in [1.82, 2.24) is 15.1 Å². The highest BCUT2D eigenvalue weighted by molar-refractivity contribution is 6.33. The summed E-state index contributed by atoms with van der Waals surface area (Å²) < 4.78 is 15.7. The molecule has 0 saturated carbocycles. The van der Waals surface area contributed by atoms with Gasteiger partial charge in [-0.25, -0.2) is 0 Å². The first kappa shape index (κ1) is 16.0. The van der Waals surface area contributed by atoms with Crippen molar-refractivity contribution in [3.05, 3.63) is 53.0 Å². The van der Waals surface area contributed by atoms with Gasteiger partial charge in [-0.3, -0.25) is 4.98 Å². The smallest absolute Gasteiger partial charge is 0.251 e. The SMILES string of the molecule is COc1ccc(/C=C/c2nc(-c3ccccn3)no2)c(Cl)c1OC. The number of pyridine rings is 1. The minimum atomic E-state index is 0.349. The molecule has 0 saturated heterocycles. The molecule has 24 heavy (non-hydrogen) atoms. The lowest BCUT2D eigenvalue weighted by molar-refractivity contribution is 0.355. The first-order valence-corrected chi connectivity index (χ1v) is 7.44. The number of benzene rings is 1. The first-order valence-electron chi connectivity index (χ1n) is 7.06. The van der Waals surface area contributed by atoms with Crippen molar-refractivity contribution in [2.75, 3.05) is 14.2 Å². The Morgan fingerprint density at radius 1 is 1.08 bits per heavy atom. The Morgan fingerprint density at radius 2 is 1.96 bits per heavy atom. The molecule has 2 heterocycles. The quantitative estimate of drug-likeness (QED) is 0.698. The van der Waals surface area contributed by atoms with Crippen LogP contribution in [0.25, 0.3) is 23.7 Å². The van der Waals surface area contributed by atoms with Crippen LogP contribution >= 0.6 is 11.6 Å². The zero-order chi connectivity index (χ0) is 16.9. The third-order valence-electron chi connectivity index (χ3n) is 3.26. The highest BCUT2D eigenvalue weighted by Crippen LogP contribution is 2.37. The highest BCUT2D eigenvalue weighted by Gasteiger charge is 2.12. The molecule has 122 valence electrons. The summed E-state index contributed by atoms with van der Waals surface area (Å²) in [5.74, 6) is 1.81. The largest absolute Gasteiger partial charge is 0.493 e. The fourth-order valence-corrected chi connectivity index (χ4v) is 2.39. The van der Waals surface area contributed by atoms with Gasteiger partial charge in [0.2, 0.25) is 5.82 Å². The van der Waals surface area contributed by atoms with Crippen LogP contribution in [0.5, 0.6) is 11.5 Å². The zero-order valence-electron chi connectivity index (χ0n) is 13.1. The second-order valence-corrected chi connectivity index (χ2v) is 5.09. The van der Waals surface area contributed by atoms with Crippen molar-refractivity contribution in [2.24, 2.45) is 0 Å². The molecule has 0 N–H and O–H groups in total. The van der Waals surface area contributed by atoms with Gasteiger partial charge in [0.15, 0.2) is 11.5 Å². The van der Waals surface area contributed by atoms with Gasteiger partial charge in [0.25, 0.3) is 5.89 Å². The van der Waals surface area contributed by atoms with E-state index in [-0.39, 0.29) is 0 Å². The maximum absolute atomic E-state index is 6.33. The molecule has 0 atom stereocenters. The molecule has 0 amide bonds. The normalized spacial score (nSPS) is 11.0. The van der Waals surface area contributed by atoms with Gasteiger partial charge in [0.1, 0.15) is 5.69 Å². The fourth-order valence-electron chi connectivity index (χ4n) is 2.10. The molecule has 0 bridgehead atoms. The van der Waals surface area contributed by atoms with Crippen LogP contribution in [0, 0.1) is 0 Å². The summed E-state index contributed by atoms with van der Waals surface area (Å²) >= 11 is 6.33. The number of hydrogen-bond acceptors (Lipinski definition) is 6. The summed E-state index contributed by atoms with van der Waals surface area (Å²) in [6.07, 6.45) is 5.11. The van der Waals surface area contributed by atoms with Crippen LogP contribution in [-0.4, -0.2) is 29.3 Å². The van der Waals surface area contributed by atoms with Gasteiger partial charge >= 0.3 is 0 Å². The monoisotopic (exact) mass is 343 g/mol. The Labute approximate surface area is 143 Å². The minimum absolute atomic E-state index is 0.349. The Morgan fingerprint density at radius 3 is 2.67 bits per heavy atom. The standard InChI is InChI=1S/C17H14ClN3O3/c1-22-13-8-6-11(15(18)16(13)23-2)7-9-14-20-17(21-24-14)12-5-3-4-10-19-12/h3-10H,1-2H3/b9-7+. The maximum Gasteiger partial charge on any atom is 0.251 e. The summed E-state index contributed by atoms with van der Waals surface area (Å²) in [6.45, 7) is 0. The number of aromatic nitrogens is 3. The van der Waals surface area contributed by atoms with Gasteiger partial charge < -0.3 is 14.0 Å². The lowest BCUT2D eigenvalue weighted by Crippen LogP contribution is -1.92. The Balaban J connectivity index is 1.86. The third kappa shape index (κ3) is 3.23. The molecular weight excluding hydrogens is 330 g/mol. The summed E-state index contributed by atoms with van der Waals surface area (Å²) in [5, 5.41) is 4.35. The summed E-state index contributed by atoms with van der Waals surface area (Å²) in [6, 6.07) is 9.08. The molecule has 3 aromatic rings. The van der Waals surface area contributed by atoms with E-state index in [9.17, 15) is 0 Å². The van der Waals surface area contributed by atoms with E-state index in [1.807, 2.05) is 24.3 Å². The van der Waals surface area contributed by atoms with Crippen molar-refractivity contribution in [1.29, 1.82) is 0 Å². The molecule has 6 nitrogen and oxygen atoms in total. The molecule has 0 aliphatic carbocycles. The van der Waals surface area contributed by atoms with Crippen molar-refractivity contribution in [3.63, 3.8) is 0 Å². The van der Waals surface area contributed by atoms with Crippen LogP contribution in [0.3, 0.4) is 0 Å². The second kappa shape index (κ2) is 7.14. The van der Waals surface area contributed by atoms with Crippen molar-refractivity contribution >= 4 is 23.8 Å². The van der Waals surface area contributed by atoms with E-state index in [1.165, 1.54) is 7.11 Å². The molecule has 2 aromatic heterocycles. The number of rotatable bonds is 5. The molecule has 0 fully saturated rings. The highest BCUT2D eigenvalue weighted by atomic mass is 35.5. The zero-order valence-corrected chi connectivity index (χ0v) is 13.8. The molecule has 0 unspecified atom stereocenters. The molecule has 0 aliphatic rings. The Bertz CT molecular complexity index is 863. The van der Waals surface area contributed by atoms with Crippen LogP contribution in [0.15, 0.2) is 41.1 Å². The van der Waals surface area contributed by atoms with Crippen molar-refractivity contribution in [2.45, 2.75) is 0 Å². The lowest BCUT2D eigenvalue weighted by atomic mass is 10.2. The maximum atomic E-state index is 6.33. The van der Waals surface area contributed by atoms with Crippen LogP contribution < -0.4 is 9.47 Å². The van der Waals surface area contributed by atoms with E-state index in [0.717, 1.165) is 5.56 Å².